The molecule has 0 aromatic heterocycles. The quantitative estimate of drug-likeness (QED) is 0.554. The predicted molar refractivity (Wildman–Crippen MR) is 86.4 cm³/mol. The van der Waals surface area contributed by atoms with Crippen molar-refractivity contribution in [2.45, 2.75) is 20.3 Å². The lowest BCUT2D eigenvalue weighted by Crippen LogP contribution is -2.18. The summed E-state index contributed by atoms with van der Waals surface area (Å²) >= 11 is 0. The molecule has 0 radical (unpaired) electrons. The summed E-state index contributed by atoms with van der Waals surface area (Å²) in [5.74, 6) is 0.328. The van der Waals surface area contributed by atoms with Crippen molar-refractivity contribution in [1.29, 1.82) is 0 Å². The van der Waals surface area contributed by atoms with E-state index >= 15 is 0 Å². The van der Waals surface area contributed by atoms with E-state index in [4.69, 9.17) is 17.2 Å². The molecule has 1 unspecified atom stereocenters. The molecule has 0 aromatic rings. The Bertz CT molecular complexity index is 463. The fraction of sp³-hybridized carbons (Fsp3) is 0.375. The highest BCUT2D eigenvalue weighted by Gasteiger charge is 2.11. The molecule has 4 nitrogen and oxygen atoms in total. The van der Waals surface area contributed by atoms with Crippen LogP contribution in [0.5, 0.6) is 0 Å². The molecule has 4 heteroatoms. The van der Waals surface area contributed by atoms with Crippen molar-refractivity contribution in [3.05, 3.63) is 59.1 Å². The van der Waals surface area contributed by atoms with Gasteiger partial charge in [-0.05, 0) is 36.3 Å². The average Bonchev–Trinajstić information content (AvgIpc) is 2.64. The monoisotopic (exact) mass is 274 g/mol. The van der Waals surface area contributed by atoms with Gasteiger partial charge in [-0.25, -0.2) is 0 Å². The van der Waals surface area contributed by atoms with Crippen molar-refractivity contribution in [3.8, 4) is 0 Å². The second-order valence-corrected chi connectivity index (χ2v) is 4.76. The molecule has 0 fully saturated rings. The molecule has 0 saturated heterocycles. The summed E-state index contributed by atoms with van der Waals surface area (Å²) in [6.07, 6.45) is 12.9. The molecular weight excluding hydrogens is 248 g/mol. The van der Waals surface area contributed by atoms with Gasteiger partial charge in [-0.15, -0.1) is 0 Å². The molecule has 0 bridgehead atoms. The lowest BCUT2D eigenvalue weighted by molar-refractivity contribution is 0.768. The van der Waals surface area contributed by atoms with Gasteiger partial charge >= 0.3 is 0 Å². The Morgan fingerprint density at radius 3 is 2.55 bits per heavy atom. The van der Waals surface area contributed by atoms with Gasteiger partial charge in [0.05, 0.1) is 5.82 Å². The second-order valence-electron chi connectivity index (χ2n) is 4.76. The molecule has 0 aliphatic heterocycles. The molecule has 0 saturated carbocycles. The molecule has 1 atom stereocenters. The van der Waals surface area contributed by atoms with Crippen LogP contribution in [0, 0.1) is 5.92 Å². The standard InChI is InChI=1S/C16H26N4/c1-3-12-6-5-7-13(10-14(12)11-20-4-2)15(17)8-9-16(18)19/h5-10,13,20H,3-4,11,17-19H2,1-2H3/b15-8-. The average molecular weight is 274 g/mol. The highest BCUT2D eigenvalue weighted by Crippen LogP contribution is 2.22. The summed E-state index contributed by atoms with van der Waals surface area (Å²) in [5, 5.41) is 3.37. The zero-order valence-electron chi connectivity index (χ0n) is 12.4. The van der Waals surface area contributed by atoms with E-state index in [1.54, 1.807) is 12.2 Å². The van der Waals surface area contributed by atoms with Crippen molar-refractivity contribution in [3.63, 3.8) is 0 Å². The molecule has 0 amide bonds. The minimum absolute atomic E-state index is 0.0690. The topological polar surface area (TPSA) is 90.1 Å². The van der Waals surface area contributed by atoms with Crippen LogP contribution < -0.4 is 22.5 Å². The van der Waals surface area contributed by atoms with Gasteiger partial charge < -0.3 is 22.5 Å². The van der Waals surface area contributed by atoms with Gasteiger partial charge in [0.15, 0.2) is 0 Å². The van der Waals surface area contributed by atoms with Crippen LogP contribution in [-0.4, -0.2) is 13.1 Å². The van der Waals surface area contributed by atoms with Crippen LogP contribution in [-0.2, 0) is 0 Å². The molecule has 110 valence electrons. The summed E-state index contributed by atoms with van der Waals surface area (Å²) in [7, 11) is 0. The van der Waals surface area contributed by atoms with E-state index < -0.39 is 0 Å². The van der Waals surface area contributed by atoms with E-state index in [2.05, 4.69) is 43.5 Å². The maximum Gasteiger partial charge on any atom is 0.0934 e. The van der Waals surface area contributed by atoms with Crippen LogP contribution in [0.15, 0.2) is 59.1 Å². The molecule has 1 aliphatic carbocycles. The van der Waals surface area contributed by atoms with Crippen molar-refractivity contribution < 1.29 is 0 Å². The van der Waals surface area contributed by atoms with Gasteiger partial charge in [0.2, 0.25) is 0 Å². The van der Waals surface area contributed by atoms with E-state index in [1.807, 2.05) is 0 Å². The molecule has 0 aromatic carbocycles. The van der Waals surface area contributed by atoms with E-state index in [0.29, 0.717) is 0 Å². The Morgan fingerprint density at radius 1 is 1.20 bits per heavy atom. The molecule has 1 aliphatic rings. The number of likely N-dealkylation sites (N-methyl/N-ethyl adjacent to an activating group) is 1. The number of allylic oxidation sites excluding steroid dienone is 5. The van der Waals surface area contributed by atoms with Crippen molar-refractivity contribution in [2.75, 3.05) is 13.1 Å². The highest BCUT2D eigenvalue weighted by molar-refractivity contribution is 5.41. The van der Waals surface area contributed by atoms with Gasteiger partial charge in [0.25, 0.3) is 0 Å². The SMILES string of the molecule is CCNCC1=CC(/C(N)=C/C=C(N)N)C=CC=C1CC. The van der Waals surface area contributed by atoms with Gasteiger partial charge in [-0.3, -0.25) is 0 Å². The summed E-state index contributed by atoms with van der Waals surface area (Å²) in [5.41, 5.74) is 20.3. The molecular formula is C16H26N4. The number of hydrogen-bond donors (Lipinski definition) is 4. The first kappa shape index (κ1) is 16.1. The molecule has 7 N–H and O–H groups in total. The Labute approximate surface area is 121 Å². The third-order valence-electron chi connectivity index (χ3n) is 3.21. The Balaban J connectivity index is 2.98. The summed E-state index contributed by atoms with van der Waals surface area (Å²) < 4.78 is 0. The fourth-order valence-corrected chi connectivity index (χ4v) is 2.07. The fourth-order valence-electron chi connectivity index (χ4n) is 2.07. The van der Waals surface area contributed by atoms with Gasteiger partial charge in [0, 0.05) is 18.2 Å². The van der Waals surface area contributed by atoms with Crippen LogP contribution in [0.25, 0.3) is 0 Å². The normalized spacial score (nSPS) is 19.1. The smallest absolute Gasteiger partial charge is 0.0934 e. The lowest BCUT2D eigenvalue weighted by atomic mass is 9.98. The van der Waals surface area contributed by atoms with E-state index in [9.17, 15) is 0 Å². The second kappa shape index (κ2) is 8.27. The number of rotatable bonds is 6. The summed E-state index contributed by atoms with van der Waals surface area (Å²) in [6.45, 7) is 6.07. The zero-order valence-corrected chi connectivity index (χ0v) is 12.4. The van der Waals surface area contributed by atoms with E-state index in [0.717, 1.165) is 25.2 Å². The van der Waals surface area contributed by atoms with Crippen LogP contribution in [0.2, 0.25) is 0 Å². The van der Waals surface area contributed by atoms with E-state index in [1.165, 1.54) is 11.1 Å². The van der Waals surface area contributed by atoms with Crippen molar-refractivity contribution in [2.24, 2.45) is 23.1 Å². The summed E-state index contributed by atoms with van der Waals surface area (Å²) in [4.78, 5) is 0. The molecule has 0 spiro atoms. The minimum Gasteiger partial charge on any atom is -0.401 e. The maximum absolute atomic E-state index is 6.11. The Hall–Kier alpha value is -1.94. The van der Waals surface area contributed by atoms with Gasteiger partial charge in [-0.1, -0.05) is 38.2 Å². The third kappa shape index (κ3) is 4.97. The molecule has 20 heavy (non-hydrogen) atoms. The first-order valence-corrected chi connectivity index (χ1v) is 7.05. The number of nitrogens with one attached hydrogen (secondary N) is 1. The van der Waals surface area contributed by atoms with Gasteiger partial charge in [-0.2, -0.15) is 0 Å². The van der Waals surface area contributed by atoms with E-state index in [-0.39, 0.29) is 11.7 Å². The van der Waals surface area contributed by atoms with Crippen LogP contribution in [0.1, 0.15) is 20.3 Å². The van der Waals surface area contributed by atoms with Crippen LogP contribution >= 0.6 is 0 Å². The Kier molecular flexibility index (Phi) is 6.67. The van der Waals surface area contributed by atoms with Crippen LogP contribution in [0.4, 0.5) is 0 Å². The molecule has 1 rings (SSSR count). The number of nitrogens with two attached hydrogens (primary N) is 3. The van der Waals surface area contributed by atoms with Crippen molar-refractivity contribution >= 4 is 0 Å². The largest absolute Gasteiger partial charge is 0.401 e. The first-order valence-electron chi connectivity index (χ1n) is 7.05. The molecule has 0 heterocycles. The lowest BCUT2D eigenvalue weighted by Gasteiger charge is -2.13. The minimum atomic E-state index is 0.0690. The first-order chi connectivity index (χ1) is 9.58. The highest BCUT2D eigenvalue weighted by atomic mass is 14.8. The number of hydrogen-bond acceptors (Lipinski definition) is 4. The Morgan fingerprint density at radius 2 is 1.95 bits per heavy atom. The predicted octanol–water partition coefficient (Wildman–Crippen LogP) is 1.65. The van der Waals surface area contributed by atoms with Gasteiger partial charge in [0.1, 0.15) is 0 Å². The maximum atomic E-state index is 6.11. The van der Waals surface area contributed by atoms with Crippen LogP contribution in [0.3, 0.4) is 0 Å². The third-order valence-corrected chi connectivity index (χ3v) is 3.21. The zero-order chi connectivity index (χ0) is 15.0. The summed E-state index contributed by atoms with van der Waals surface area (Å²) in [6, 6.07) is 0. The van der Waals surface area contributed by atoms with Crippen molar-refractivity contribution in [1.82, 2.24) is 5.32 Å².